The number of halogens is 2. The summed E-state index contributed by atoms with van der Waals surface area (Å²) in [5.41, 5.74) is 0.649. The molecule has 0 bridgehead atoms. The second kappa shape index (κ2) is 11.6. The van der Waals surface area contributed by atoms with Gasteiger partial charge in [-0.25, -0.2) is 4.39 Å². The highest BCUT2D eigenvalue weighted by Crippen LogP contribution is 2.37. The zero-order chi connectivity index (χ0) is 25.5. The van der Waals surface area contributed by atoms with Gasteiger partial charge in [0.2, 0.25) is 0 Å². The van der Waals surface area contributed by atoms with Gasteiger partial charge in [0.05, 0.1) is 11.6 Å². The highest BCUT2D eigenvalue weighted by Gasteiger charge is 2.32. The number of nitrogens with zero attached hydrogens (tertiary/aromatic N) is 1. The van der Waals surface area contributed by atoms with Crippen molar-refractivity contribution in [3.63, 3.8) is 0 Å². The molecule has 0 saturated carbocycles. The Kier molecular flexibility index (Phi) is 8.56. The summed E-state index contributed by atoms with van der Waals surface area (Å²) in [5, 5.41) is 5.13. The SMILES string of the molecule is C=CCN1C(=O)/C(=C/c2cc(Cl)c(OCC(=O)Nc3ccc(F)cc3)c(OCC)c2)C(=O)NC1=S. The van der Waals surface area contributed by atoms with Crippen molar-refractivity contribution in [1.29, 1.82) is 0 Å². The van der Waals surface area contributed by atoms with Crippen molar-refractivity contribution in [2.45, 2.75) is 6.92 Å². The number of ether oxygens (including phenoxy) is 2. The molecule has 0 radical (unpaired) electrons. The Balaban J connectivity index is 1.82. The second-order valence-corrected chi connectivity index (χ2v) is 7.92. The predicted molar refractivity (Wildman–Crippen MR) is 134 cm³/mol. The highest BCUT2D eigenvalue weighted by atomic mass is 35.5. The summed E-state index contributed by atoms with van der Waals surface area (Å²) in [6.45, 7) is 5.33. The Morgan fingerprint density at radius 3 is 2.63 bits per heavy atom. The summed E-state index contributed by atoms with van der Waals surface area (Å²) in [5.74, 6) is -1.82. The number of carbonyl (C=O) groups excluding carboxylic acids is 3. The van der Waals surface area contributed by atoms with Crippen LogP contribution in [0.1, 0.15) is 12.5 Å². The summed E-state index contributed by atoms with van der Waals surface area (Å²) in [4.78, 5) is 38.6. The fourth-order valence-corrected chi connectivity index (χ4v) is 3.62. The van der Waals surface area contributed by atoms with Gasteiger partial charge in [0.15, 0.2) is 23.2 Å². The van der Waals surface area contributed by atoms with E-state index in [1.807, 2.05) is 0 Å². The van der Waals surface area contributed by atoms with Gasteiger partial charge in [-0.2, -0.15) is 0 Å². The minimum atomic E-state index is -0.646. The van der Waals surface area contributed by atoms with Crippen molar-refractivity contribution in [2.24, 2.45) is 0 Å². The van der Waals surface area contributed by atoms with E-state index in [1.165, 1.54) is 53.5 Å². The van der Waals surface area contributed by atoms with Crippen LogP contribution in [-0.4, -0.2) is 47.5 Å². The van der Waals surface area contributed by atoms with Gasteiger partial charge in [-0.05, 0) is 67.2 Å². The third-order valence-electron chi connectivity index (χ3n) is 4.62. The van der Waals surface area contributed by atoms with Crippen molar-refractivity contribution >= 4 is 58.4 Å². The van der Waals surface area contributed by atoms with Gasteiger partial charge < -0.3 is 14.8 Å². The number of rotatable bonds is 9. The molecule has 2 aromatic rings. The third-order valence-corrected chi connectivity index (χ3v) is 5.22. The molecular formula is C24H21ClFN3O5S. The standard InChI is InChI=1S/C24H21ClFN3O5S/c1-3-9-29-23(32)17(22(31)28-24(29)35)10-14-11-18(25)21(19(12-14)33-4-2)34-13-20(30)27-16-7-5-15(26)6-8-16/h3,5-8,10-12H,1,4,9,13H2,2H3,(H,27,30)(H,28,31,35)/b17-10+. The Hall–Kier alpha value is -3.76. The molecule has 0 unspecified atom stereocenters. The largest absolute Gasteiger partial charge is 0.490 e. The van der Waals surface area contributed by atoms with Gasteiger partial charge >= 0.3 is 0 Å². The Morgan fingerprint density at radius 1 is 1.26 bits per heavy atom. The Labute approximate surface area is 211 Å². The first-order chi connectivity index (χ1) is 16.7. The van der Waals surface area contributed by atoms with E-state index in [9.17, 15) is 18.8 Å². The van der Waals surface area contributed by atoms with Crippen LogP contribution in [0.25, 0.3) is 6.08 Å². The number of amides is 3. The van der Waals surface area contributed by atoms with Gasteiger partial charge in [0.1, 0.15) is 11.4 Å². The van der Waals surface area contributed by atoms with Crippen LogP contribution in [0.4, 0.5) is 10.1 Å². The molecule has 0 atom stereocenters. The molecule has 1 fully saturated rings. The monoisotopic (exact) mass is 517 g/mol. The first-order valence-electron chi connectivity index (χ1n) is 10.4. The Bertz CT molecular complexity index is 1220. The molecule has 0 aromatic heterocycles. The van der Waals surface area contributed by atoms with Crippen LogP contribution in [0.3, 0.4) is 0 Å². The van der Waals surface area contributed by atoms with Crippen LogP contribution in [0.15, 0.2) is 54.6 Å². The molecule has 35 heavy (non-hydrogen) atoms. The third kappa shape index (κ3) is 6.43. The quantitative estimate of drug-likeness (QED) is 0.228. The molecule has 182 valence electrons. The summed E-state index contributed by atoms with van der Waals surface area (Å²) >= 11 is 11.4. The van der Waals surface area contributed by atoms with Crippen molar-refractivity contribution in [3.05, 3.63) is 71.0 Å². The van der Waals surface area contributed by atoms with E-state index in [1.54, 1.807) is 6.92 Å². The number of anilines is 1. The van der Waals surface area contributed by atoms with Crippen molar-refractivity contribution in [2.75, 3.05) is 25.1 Å². The van der Waals surface area contributed by atoms with E-state index in [-0.39, 0.29) is 40.4 Å². The number of nitrogens with one attached hydrogen (secondary N) is 2. The molecule has 1 heterocycles. The zero-order valence-electron chi connectivity index (χ0n) is 18.6. The predicted octanol–water partition coefficient (Wildman–Crippen LogP) is 3.71. The van der Waals surface area contributed by atoms with Crippen molar-refractivity contribution in [1.82, 2.24) is 10.2 Å². The minimum Gasteiger partial charge on any atom is -0.490 e. The molecule has 1 aliphatic rings. The molecule has 1 aliphatic heterocycles. The highest BCUT2D eigenvalue weighted by molar-refractivity contribution is 7.80. The maximum Gasteiger partial charge on any atom is 0.265 e. The van der Waals surface area contributed by atoms with Gasteiger partial charge in [-0.3, -0.25) is 24.6 Å². The smallest absolute Gasteiger partial charge is 0.265 e. The lowest BCUT2D eigenvalue weighted by Gasteiger charge is -2.27. The number of carbonyl (C=O) groups is 3. The topological polar surface area (TPSA) is 97.0 Å². The molecule has 2 N–H and O–H groups in total. The molecule has 3 rings (SSSR count). The Morgan fingerprint density at radius 2 is 1.97 bits per heavy atom. The lowest BCUT2D eigenvalue weighted by molar-refractivity contribution is -0.128. The molecule has 3 amide bonds. The lowest BCUT2D eigenvalue weighted by Crippen LogP contribution is -2.53. The van der Waals surface area contributed by atoms with Gasteiger partial charge in [-0.15, -0.1) is 6.58 Å². The second-order valence-electron chi connectivity index (χ2n) is 7.13. The van der Waals surface area contributed by atoms with E-state index in [4.69, 9.17) is 33.3 Å². The van der Waals surface area contributed by atoms with E-state index in [2.05, 4.69) is 17.2 Å². The molecule has 11 heteroatoms. The molecule has 2 aromatic carbocycles. The molecule has 0 spiro atoms. The average Bonchev–Trinajstić information content (AvgIpc) is 2.80. The number of thiocarbonyl (C=S) groups is 1. The summed E-state index contributed by atoms with van der Waals surface area (Å²) in [6.07, 6.45) is 2.84. The summed E-state index contributed by atoms with van der Waals surface area (Å²) < 4.78 is 24.2. The van der Waals surface area contributed by atoms with Crippen LogP contribution < -0.4 is 20.1 Å². The number of hydrogen-bond donors (Lipinski definition) is 2. The van der Waals surface area contributed by atoms with E-state index >= 15 is 0 Å². The number of hydrogen-bond acceptors (Lipinski definition) is 6. The average molecular weight is 518 g/mol. The van der Waals surface area contributed by atoms with E-state index in [0.29, 0.717) is 11.3 Å². The molecule has 1 saturated heterocycles. The number of benzene rings is 2. The molecular weight excluding hydrogens is 497 g/mol. The van der Waals surface area contributed by atoms with Crippen LogP contribution in [0.2, 0.25) is 5.02 Å². The van der Waals surface area contributed by atoms with E-state index < -0.39 is 30.1 Å². The first kappa shape index (κ1) is 25.9. The van der Waals surface area contributed by atoms with Crippen molar-refractivity contribution < 1.29 is 28.2 Å². The molecule has 8 nitrogen and oxygen atoms in total. The maximum atomic E-state index is 13.0. The summed E-state index contributed by atoms with van der Waals surface area (Å²) in [6, 6.07) is 8.26. The fourth-order valence-electron chi connectivity index (χ4n) is 3.10. The van der Waals surface area contributed by atoms with Crippen LogP contribution in [0.5, 0.6) is 11.5 Å². The van der Waals surface area contributed by atoms with Crippen molar-refractivity contribution in [3.8, 4) is 11.5 Å². The minimum absolute atomic E-state index is 0.00671. The summed E-state index contributed by atoms with van der Waals surface area (Å²) in [7, 11) is 0. The first-order valence-corrected chi connectivity index (χ1v) is 11.2. The molecule has 0 aliphatic carbocycles. The normalized spacial score (nSPS) is 14.5. The van der Waals surface area contributed by atoms with E-state index in [0.717, 1.165) is 0 Å². The van der Waals surface area contributed by atoms with Gasteiger partial charge in [0, 0.05) is 12.2 Å². The van der Waals surface area contributed by atoms with Gasteiger partial charge in [-0.1, -0.05) is 17.7 Å². The fraction of sp³-hybridized carbons (Fsp3) is 0.167. The van der Waals surface area contributed by atoms with Crippen LogP contribution in [-0.2, 0) is 14.4 Å². The van der Waals surface area contributed by atoms with Gasteiger partial charge in [0.25, 0.3) is 17.7 Å². The zero-order valence-corrected chi connectivity index (χ0v) is 20.2. The van der Waals surface area contributed by atoms with Crippen LogP contribution in [0, 0.1) is 5.82 Å². The maximum absolute atomic E-state index is 13.0. The lowest BCUT2D eigenvalue weighted by atomic mass is 10.1. The van der Waals surface area contributed by atoms with Crippen LogP contribution >= 0.6 is 23.8 Å².